The normalized spacial score (nSPS) is 12.4. The number of carbonyl (C=O) groups excluding carboxylic acids is 1. The zero-order valence-electron chi connectivity index (χ0n) is 19.7. The van der Waals surface area contributed by atoms with Crippen LogP contribution in [-0.2, 0) is 23.3 Å². The summed E-state index contributed by atoms with van der Waals surface area (Å²) in [5, 5.41) is 12.2. The molecule has 0 saturated heterocycles. The Morgan fingerprint density at radius 1 is 1.09 bits per heavy atom. The number of hydrogen-bond acceptors (Lipinski definition) is 5. The van der Waals surface area contributed by atoms with Crippen molar-refractivity contribution < 1.29 is 9.53 Å². The van der Waals surface area contributed by atoms with Crippen LogP contribution in [0.25, 0.3) is 11.4 Å². The highest BCUT2D eigenvalue weighted by Crippen LogP contribution is 2.29. The van der Waals surface area contributed by atoms with E-state index in [9.17, 15) is 4.79 Å². The van der Waals surface area contributed by atoms with Crippen molar-refractivity contribution in [3.05, 3.63) is 59.7 Å². The minimum atomic E-state index is -0.293. The van der Waals surface area contributed by atoms with Crippen LogP contribution >= 0.6 is 11.8 Å². The molecule has 0 aliphatic carbocycles. The Bertz CT molecular complexity index is 1040. The topological polar surface area (TPSA) is 69.0 Å². The summed E-state index contributed by atoms with van der Waals surface area (Å²) in [6.07, 6.45) is 0. The number of rotatable bonds is 8. The van der Waals surface area contributed by atoms with Crippen molar-refractivity contribution in [2.45, 2.75) is 63.5 Å². The van der Waals surface area contributed by atoms with Crippen molar-refractivity contribution in [1.82, 2.24) is 20.1 Å². The molecule has 2 aromatic carbocycles. The lowest BCUT2D eigenvalue weighted by molar-refractivity contribution is -0.120. The first-order valence-corrected chi connectivity index (χ1v) is 11.7. The Labute approximate surface area is 194 Å². The lowest BCUT2D eigenvalue weighted by Gasteiger charge is -2.19. The first-order valence-electron chi connectivity index (χ1n) is 10.8. The number of nitrogens with zero attached hydrogens (tertiary/aromatic N) is 3. The number of ether oxygens (including phenoxy) is 1. The molecule has 1 heterocycles. The molecule has 3 rings (SSSR count). The summed E-state index contributed by atoms with van der Waals surface area (Å²) in [6.45, 7) is 11.8. The molecule has 1 N–H and O–H groups in total. The van der Waals surface area contributed by atoms with Crippen molar-refractivity contribution in [3.8, 4) is 17.1 Å². The molecule has 1 amide bonds. The molecule has 32 heavy (non-hydrogen) atoms. The van der Waals surface area contributed by atoms with Gasteiger partial charge in [0.2, 0.25) is 5.91 Å². The van der Waals surface area contributed by atoms with Crippen LogP contribution in [0.4, 0.5) is 0 Å². The summed E-state index contributed by atoms with van der Waals surface area (Å²) in [7, 11) is 1.64. The first-order chi connectivity index (χ1) is 15.2. The Morgan fingerprint density at radius 2 is 1.75 bits per heavy atom. The Kier molecular flexibility index (Phi) is 7.61. The SMILES string of the molecule is CCn1c(SC(C)C(=O)NCc2ccc(OC)cc2)nnc1-c1ccc(C(C)(C)C)cc1. The molecule has 1 unspecified atom stereocenters. The van der Waals surface area contributed by atoms with Crippen LogP contribution in [0.5, 0.6) is 5.75 Å². The van der Waals surface area contributed by atoms with E-state index in [2.05, 4.69) is 72.0 Å². The van der Waals surface area contributed by atoms with E-state index < -0.39 is 0 Å². The summed E-state index contributed by atoms with van der Waals surface area (Å²) < 4.78 is 7.23. The van der Waals surface area contributed by atoms with Crippen molar-refractivity contribution in [1.29, 1.82) is 0 Å². The predicted octanol–water partition coefficient (Wildman–Crippen LogP) is 5.07. The highest BCUT2D eigenvalue weighted by molar-refractivity contribution is 8.00. The van der Waals surface area contributed by atoms with Gasteiger partial charge in [-0.05, 0) is 42.5 Å². The van der Waals surface area contributed by atoms with E-state index in [1.165, 1.54) is 17.3 Å². The smallest absolute Gasteiger partial charge is 0.233 e. The summed E-state index contributed by atoms with van der Waals surface area (Å²) >= 11 is 1.42. The number of carbonyl (C=O) groups is 1. The number of hydrogen-bond donors (Lipinski definition) is 1. The molecule has 7 heteroatoms. The number of thioether (sulfide) groups is 1. The van der Waals surface area contributed by atoms with Crippen LogP contribution in [0.1, 0.15) is 45.7 Å². The highest BCUT2D eigenvalue weighted by Gasteiger charge is 2.21. The lowest BCUT2D eigenvalue weighted by atomic mass is 9.87. The van der Waals surface area contributed by atoms with Gasteiger partial charge in [0.05, 0.1) is 12.4 Å². The van der Waals surface area contributed by atoms with Gasteiger partial charge in [-0.1, -0.05) is 68.9 Å². The molecule has 0 bridgehead atoms. The molecule has 170 valence electrons. The number of aromatic nitrogens is 3. The molecule has 6 nitrogen and oxygen atoms in total. The van der Waals surface area contributed by atoms with Crippen LogP contribution in [0, 0.1) is 0 Å². The van der Waals surface area contributed by atoms with Gasteiger partial charge in [-0.3, -0.25) is 4.79 Å². The second-order valence-corrected chi connectivity index (χ2v) is 10.0. The van der Waals surface area contributed by atoms with Crippen molar-refractivity contribution in [2.24, 2.45) is 0 Å². The zero-order chi connectivity index (χ0) is 23.3. The van der Waals surface area contributed by atoms with Crippen molar-refractivity contribution in [3.63, 3.8) is 0 Å². The molecule has 0 spiro atoms. The monoisotopic (exact) mass is 452 g/mol. The van der Waals surface area contributed by atoms with E-state index in [4.69, 9.17) is 4.74 Å². The second kappa shape index (κ2) is 10.2. The largest absolute Gasteiger partial charge is 0.497 e. The van der Waals surface area contributed by atoms with Gasteiger partial charge in [-0.15, -0.1) is 10.2 Å². The molecule has 0 saturated carbocycles. The summed E-state index contributed by atoms with van der Waals surface area (Å²) in [5.41, 5.74) is 3.43. The average Bonchev–Trinajstić information content (AvgIpc) is 3.19. The van der Waals surface area contributed by atoms with Gasteiger partial charge in [0.1, 0.15) is 5.75 Å². The third-order valence-electron chi connectivity index (χ3n) is 5.32. The Hall–Kier alpha value is -2.80. The number of nitrogens with one attached hydrogen (secondary N) is 1. The number of methoxy groups -OCH3 is 1. The van der Waals surface area contributed by atoms with Gasteiger partial charge in [0.15, 0.2) is 11.0 Å². The summed E-state index contributed by atoms with van der Waals surface area (Å²) in [4.78, 5) is 12.6. The number of benzene rings is 2. The van der Waals surface area contributed by atoms with Crippen LogP contribution in [0.3, 0.4) is 0 Å². The quantitative estimate of drug-likeness (QED) is 0.483. The van der Waals surface area contributed by atoms with Gasteiger partial charge in [-0.2, -0.15) is 0 Å². The molecule has 0 aliphatic heterocycles. The fraction of sp³-hybridized carbons (Fsp3) is 0.400. The maximum Gasteiger partial charge on any atom is 0.233 e. The fourth-order valence-corrected chi connectivity index (χ4v) is 4.22. The van der Waals surface area contributed by atoms with Crippen LogP contribution in [0.2, 0.25) is 0 Å². The lowest BCUT2D eigenvalue weighted by Crippen LogP contribution is -2.30. The Balaban J connectivity index is 1.66. The van der Waals surface area contributed by atoms with Gasteiger partial charge in [-0.25, -0.2) is 0 Å². The van der Waals surface area contributed by atoms with Crippen molar-refractivity contribution in [2.75, 3.05) is 7.11 Å². The van der Waals surface area contributed by atoms with Crippen LogP contribution in [-0.4, -0.2) is 33.0 Å². The van der Waals surface area contributed by atoms with Gasteiger partial charge in [0.25, 0.3) is 0 Å². The molecule has 3 aromatic rings. The standard InChI is InChI=1S/C25H32N4O2S/c1-7-29-22(19-10-12-20(13-11-19)25(3,4)5)27-28-24(29)32-17(2)23(30)26-16-18-8-14-21(31-6)15-9-18/h8-15,17H,7,16H2,1-6H3,(H,26,30). The zero-order valence-corrected chi connectivity index (χ0v) is 20.5. The van der Waals surface area contributed by atoms with Gasteiger partial charge in [0, 0.05) is 18.7 Å². The third-order valence-corrected chi connectivity index (χ3v) is 6.40. The van der Waals surface area contributed by atoms with Crippen molar-refractivity contribution >= 4 is 17.7 Å². The van der Waals surface area contributed by atoms with E-state index >= 15 is 0 Å². The molecular weight excluding hydrogens is 420 g/mol. The summed E-state index contributed by atoms with van der Waals surface area (Å²) in [6, 6.07) is 16.1. The molecule has 1 aromatic heterocycles. The molecule has 0 fully saturated rings. The summed E-state index contributed by atoms with van der Waals surface area (Å²) in [5.74, 6) is 1.58. The van der Waals surface area contributed by atoms with E-state index in [0.717, 1.165) is 34.4 Å². The minimum Gasteiger partial charge on any atom is -0.497 e. The predicted molar refractivity (Wildman–Crippen MR) is 130 cm³/mol. The van der Waals surface area contributed by atoms with Gasteiger partial charge >= 0.3 is 0 Å². The second-order valence-electron chi connectivity index (χ2n) is 8.70. The minimum absolute atomic E-state index is 0.0347. The van der Waals surface area contributed by atoms with Crippen LogP contribution < -0.4 is 10.1 Å². The van der Waals surface area contributed by atoms with Crippen LogP contribution in [0.15, 0.2) is 53.7 Å². The van der Waals surface area contributed by atoms with E-state index in [1.807, 2.05) is 31.2 Å². The maximum atomic E-state index is 12.6. The maximum absolute atomic E-state index is 12.6. The van der Waals surface area contributed by atoms with Gasteiger partial charge < -0.3 is 14.6 Å². The molecule has 0 radical (unpaired) electrons. The highest BCUT2D eigenvalue weighted by atomic mass is 32.2. The molecular formula is C25H32N4O2S. The Morgan fingerprint density at radius 3 is 2.31 bits per heavy atom. The molecule has 1 atom stereocenters. The average molecular weight is 453 g/mol. The molecule has 0 aliphatic rings. The third kappa shape index (κ3) is 5.71. The van der Waals surface area contributed by atoms with E-state index in [1.54, 1.807) is 7.11 Å². The van der Waals surface area contributed by atoms with E-state index in [0.29, 0.717) is 6.54 Å². The first kappa shape index (κ1) is 23.9. The van der Waals surface area contributed by atoms with E-state index in [-0.39, 0.29) is 16.6 Å². The number of amides is 1. The fourth-order valence-electron chi connectivity index (χ4n) is 3.28.